The van der Waals surface area contributed by atoms with Crippen molar-refractivity contribution in [1.29, 1.82) is 0 Å². The molecule has 10 heteroatoms. The topological polar surface area (TPSA) is 100 Å². The second-order valence-corrected chi connectivity index (χ2v) is 12.3. The summed E-state index contributed by atoms with van der Waals surface area (Å²) < 4.78 is 7.40. The van der Waals surface area contributed by atoms with E-state index < -0.39 is 11.5 Å². The molecule has 1 N–H and O–H groups in total. The van der Waals surface area contributed by atoms with Gasteiger partial charge >= 0.3 is 6.09 Å². The summed E-state index contributed by atoms with van der Waals surface area (Å²) in [5.74, 6) is -0.278. The Labute approximate surface area is 230 Å². The number of amides is 3. The van der Waals surface area contributed by atoms with E-state index in [0.717, 1.165) is 68.7 Å². The number of aromatic nitrogens is 2. The molecule has 10 nitrogen and oxygen atoms in total. The first-order valence-electron chi connectivity index (χ1n) is 14.3. The van der Waals surface area contributed by atoms with Crippen molar-refractivity contribution < 1.29 is 19.1 Å². The summed E-state index contributed by atoms with van der Waals surface area (Å²) in [5, 5.41) is 8.11. The number of hydrogen-bond donors (Lipinski definition) is 1. The van der Waals surface area contributed by atoms with E-state index in [1.54, 1.807) is 0 Å². The molecule has 3 fully saturated rings. The maximum Gasteiger partial charge on any atom is 0.410 e. The van der Waals surface area contributed by atoms with Gasteiger partial charge in [0.2, 0.25) is 11.8 Å². The first-order valence-corrected chi connectivity index (χ1v) is 14.3. The largest absolute Gasteiger partial charge is 0.444 e. The van der Waals surface area contributed by atoms with Crippen molar-refractivity contribution in [1.82, 2.24) is 24.9 Å². The van der Waals surface area contributed by atoms with Crippen molar-refractivity contribution in [3.05, 3.63) is 23.9 Å². The van der Waals surface area contributed by atoms with Crippen LogP contribution in [0, 0.1) is 5.92 Å². The highest BCUT2D eigenvalue weighted by Gasteiger charge is 2.34. The maximum atomic E-state index is 12.5. The highest BCUT2D eigenvalue weighted by molar-refractivity contribution is 6.02. The van der Waals surface area contributed by atoms with E-state index in [4.69, 9.17) is 4.74 Å². The van der Waals surface area contributed by atoms with Crippen molar-refractivity contribution in [2.45, 2.75) is 70.9 Å². The number of piperidine rings is 2. The molecule has 5 rings (SSSR count). The number of imide groups is 1. The van der Waals surface area contributed by atoms with Crippen molar-refractivity contribution in [3.8, 4) is 0 Å². The third-order valence-electron chi connectivity index (χ3n) is 8.56. The van der Waals surface area contributed by atoms with Crippen LogP contribution in [0.15, 0.2) is 18.2 Å². The third kappa shape index (κ3) is 5.90. The highest BCUT2D eigenvalue weighted by atomic mass is 16.6. The van der Waals surface area contributed by atoms with E-state index in [-0.39, 0.29) is 17.9 Å². The minimum atomic E-state index is -0.460. The van der Waals surface area contributed by atoms with Gasteiger partial charge < -0.3 is 14.5 Å². The molecule has 0 aliphatic carbocycles. The SMILES string of the molecule is C[C@@H](C1CCN(C(=O)OC(C)(C)C)CC1)N1CCN(c2ccc3c(C4CCC(=O)NC4=O)nn(C)c3c2)CC1. The molecule has 3 aliphatic rings. The van der Waals surface area contributed by atoms with Gasteiger partial charge in [-0.05, 0) is 71.1 Å². The number of fused-ring (bicyclic) bond motifs is 1. The molecular weight excluding hydrogens is 496 g/mol. The average Bonchev–Trinajstić information content (AvgIpc) is 3.23. The average molecular weight is 539 g/mol. The Bertz CT molecular complexity index is 1230. The molecule has 0 spiro atoms. The Morgan fingerprint density at radius 2 is 1.74 bits per heavy atom. The summed E-state index contributed by atoms with van der Waals surface area (Å²) in [6, 6.07) is 6.85. The van der Waals surface area contributed by atoms with E-state index in [2.05, 4.69) is 45.3 Å². The predicted molar refractivity (Wildman–Crippen MR) is 150 cm³/mol. The number of likely N-dealkylation sites (tertiary alicyclic amines) is 1. The van der Waals surface area contributed by atoms with Gasteiger partial charge in [0.1, 0.15) is 5.60 Å². The number of aryl methyl sites for hydroxylation is 1. The van der Waals surface area contributed by atoms with Crippen molar-refractivity contribution in [3.63, 3.8) is 0 Å². The number of nitrogens with zero attached hydrogens (tertiary/aromatic N) is 5. The predicted octanol–water partition coefficient (Wildman–Crippen LogP) is 3.25. The summed E-state index contributed by atoms with van der Waals surface area (Å²) in [5.41, 5.74) is 2.45. The molecule has 1 aromatic carbocycles. The van der Waals surface area contributed by atoms with Crippen molar-refractivity contribution >= 4 is 34.5 Å². The fourth-order valence-electron chi connectivity index (χ4n) is 6.26. The molecule has 0 bridgehead atoms. The number of benzene rings is 1. The van der Waals surface area contributed by atoms with Crippen LogP contribution in [0.1, 0.15) is 65.0 Å². The van der Waals surface area contributed by atoms with Crippen LogP contribution >= 0.6 is 0 Å². The van der Waals surface area contributed by atoms with Gasteiger partial charge in [0, 0.05) is 69.9 Å². The van der Waals surface area contributed by atoms with E-state index in [1.165, 1.54) is 5.69 Å². The molecule has 212 valence electrons. The van der Waals surface area contributed by atoms with E-state index in [1.807, 2.05) is 37.4 Å². The molecule has 3 amide bonds. The zero-order valence-corrected chi connectivity index (χ0v) is 23.9. The van der Waals surface area contributed by atoms with Crippen LogP contribution in [0.3, 0.4) is 0 Å². The Kier molecular flexibility index (Phi) is 7.59. The lowest BCUT2D eigenvalue weighted by molar-refractivity contribution is -0.134. The van der Waals surface area contributed by atoms with Gasteiger partial charge in [0.15, 0.2) is 0 Å². The Morgan fingerprint density at radius 3 is 2.38 bits per heavy atom. The lowest BCUT2D eigenvalue weighted by Gasteiger charge is -2.43. The summed E-state index contributed by atoms with van der Waals surface area (Å²) in [4.78, 5) is 43.3. The Balaban J connectivity index is 1.17. The summed E-state index contributed by atoms with van der Waals surface area (Å²) >= 11 is 0. The van der Waals surface area contributed by atoms with Crippen molar-refractivity contribution in [2.24, 2.45) is 13.0 Å². The number of nitrogens with one attached hydrogen (secondary N) is 1. The van der Waals surface area contributed by atoms with E-state index in [0.29, 0.717) is 24.8 Å². The minimum Gasteiger partial charge on any atom is -0.444 e. The fraction of sp³-hybridized carbons (Fsp3) is 0.655. The van der Waals surface area contributed by atoms with Gasteiger partial charge in [-0.25, -0.2) is 4.79 Å². The van der Waals surface area contributed by atoms with Gasteiger partial charge in [-0.3, -0.25) is 24.5 Å². The standard InChI is InChI=1S/C29H42N6O4/c1-19(20-10-12-35(13-11-20)28(38)39-29(2,3)4)33-14-16-34(17-15-33)21-6-7-22-24(18-21)32(5)31-26(22)23-8-9-25(36)30-27(23)37/h6-7,18-20,23H,8-17H2,1-5H3,(H,30,36,37)/t19-,23?/m0/s1. The van der Waals surface area contributed by atoms with E-state index >= 15 is 0 Å². The van der Waals surface area contributed by atoms with Crippen LogP contribution in [0.5, 0.6) is 0 Å². The van der Waals surface area contributed by atoms with Crippen LogP contribution in [-0.4, -0.2) is 88.4 Å². The molecule has 4 heterocycles. The number of carbonyl (C=O) groups excluding carboxylic acids is 3. The van der Waals surface area contributed by atoms with E-state index in [9.17, 15) is 14.4 Å². The lowest BCUT2D eigenvalue weighted by atomic mass is 9.89. The number of hydrogen-bond acceptors (Lipinski definition) is 7. The van der Waals surface area contributed by atoms with Gasteiger partial charge in [-0.2, -0.15) is 5.10 Å². The van der Waals surface area contributed by atoms with Crippen molar-refractivity contribution in [2.75, 3.05) is 44.2 Å². The van der Waals surface area contributed by atoms with Crippen LogP contribution < -0.4 is 10.2 Å². The number of piperazine rings is 1. The molecule has 0 saturated carbocycles. The zero-order chi connectivity index (χ0) is 27.9. The van der Waals surface area contributed by atoms with Gasteiger partial charge in [0.05, 0.1) is 17.1 Å². The highest BCUT2D eigenvalue weighted by Crippen LogP contribution is 2.33. The molecule has 3 saturated heterocycles. The van der Waals surface area contributed by atoms with Crippen LogP contribution in [-0.2, 0) is 21.4 Å². The van der Waals surface area contributed by atoms with Crippen LogP contribution in [0.4, 0.5) is 10.5 Å². The first-order chi connectivity index (χ1) is 18.5. The zero-order valence-electron chi connectivity index (χ0n) is 23.9. The molecule has 3 aliphatic heterocycles. The van der Waals surface area contributed by atoms with Gasteiger partial charge in [-0.15, -0.1) is 0 Å². The summed E-state index contributed by atoms with van der Waals surface area (Å²) in [6.45, 7) is 13.5. The molecule has 1 unspecified atom stereocenters. The first kappa shape index (κ1) is 27.4. The lowest BCUT2D eigenvalue weighted by Crippen LogP contribution is -2.53. The van der Waals surface area contributed by atoms with Gasteiger partial charge in [0.25, 0.3) is 0 Å². The second kappa shape index (κ2) is 10.8. The number of carbonyl (C=O) groups is 3. The minimum absolute atomic E-state index is 0.197. The Hall–Kier alpha value is -3.14. The molecule has 39 heavy (non-hydrogen) atoms. The smallest absolute Gasteiger partial charge is 0.410 e. The molecule has 2 atom stereocenters. The quantitative estimate of drug-likeness (QED) is 0.597. The number of ether oxygens (including phenoxy) is 1. The molecule has 1 aromatic heterocycles. The number of rotatable bonds is 4. The van der Waals surface area contributed by atoms with Crippen LogP contribution in [0.25, 0.3) is 10.9 Å². The van der Waals surface area contributed by atoms with Crippen LogP contribution in [0.2, 0.25) is 0 Å². The Morgan fingerprint density at radius 1 is 1.05 bits per heavy atom. The van der Waals surface area contributed by atoms with Gasteiger partial charge in [-0.1, -0.05) is 0 Å². The second-order valence-electron chi connectivity index (χ2n) is 12.3. The molecular formula is C29H42N6O4. The fourth-order valence-corrected chi connectivity index (χ4v) is 6.26. The normalized spacial score (nSPS) is 22.7. The molecule has 0 radical (unpaired) electrons. The summed E-state index contributed by atoms with van der Waals surface area (Å²) in [7, 11) is 1.91. The number of anilines is 1. The maximum absolute atomic E-state index is 12.5. The summed E-state index contributed by atoms with van der Waals surface area (Å²) in [6.07, 6.45) is 2.66. The third-order valence-corrected chi connectivity index (χ3v) is 8.56. The monoisotopic (exact) mass is 538 g/mol. The molecule has 2 aromatic rings.